The maximum atomic E-state index is 3.49. The molecule has 1 aromatic rings. The zero-order valence-corrected chi connectivity index (χ0v) is 14.5. The fourth-order valence-corrected chi connectivity index (χ4v) is 3.09. The van der Waals surface area contributed by atoms with Crippen LogP contribution in [0.4, 0.5) is 0 Å². The summed E-state index contributed by atoms with van der Waals surface area (Å²) in [6.07, 6.45) is 3.63. The number of nitrogens with one attached hydrogen (secondary N) is 1. The summed E-state index contributed by atoms with van der Waals surface area (Å²) in [6.45, 7) is 9.35. The van der Waals surface area contributed by atoms with Crippen LogP contribution in [0.1, 0.15) is 46.1 Å². The molecule has 2 unspecified atom stereocenters. The second-order valence-corrected chi connectivity index (χ2v) is 7.84. The van der Waals surface area contributed by atoms with Crippen molar-refractivity contribution in [3.8, 4) is 0 Å². The molecular formula is C17H28BrN. The number of hydrogen-bond acceptors (Lipinski definition) is 1. The molecule has 108 valence electrons. The molecule has 1 N–H and O–H groups in total. The number of benzene rings is 1. The predicted octanol–water partition coefficient (Wildman–Crippen LogP) is 5.04. The number of halogens is 1. The molecule has 0 aromatic heterocycles. The second-order valence-electron chi connectivity index (χ2n) is 6.92. The molecule has 0 heterocycles. The molecule has 19 heavy (non-hydrogen) atoms. The molecule has 0 radical (unpaired) electrons. The van der Waals surface area contributed by atoms with E-state index in [1.54, 1.807) is 0 Å². The molecule has 1 rings (SSSR count). The Hall–Kier alpha value is -0.340. The Bertz CT molecular complexity index is 364. The SMILES string of the molecule is CNC(Cc1ccc(Br)cc1)CC(C)CC(C)(C)C. The van der Waals surface area contributed by atoms with E-state index in [0.717, 1.165) is 16.8 Å². The number of hydrogen-bond donors (Lipinski definition) is 1. The van der Waals surface area contributed by atoms with Crippen molar-refractivity contribution in [3.63, 3.8) is 0 Å². The van der Waals surface area contributed by atoms with Gasteiger partial charge in [-0.05, 0) is 55.3 Å². The van der Waals surface area contributed by atoms with Gasteiger partial charge in [0.05, 0.1) is 0 Å². The first kappa shape index (κ1) is 16.7. The van der Waals surface area contributed by atoms with Crippen LogP contribution < -0.4 is 5.32 Å². The number of rotatable bonds is 6. The topological polar surface area (TPSA) is 12.0 Å². The van der Waals surface area contributed by atoms with Crippen LogP contribution in [0.2, 0.25) is 0 Å². The van der Waals surface area contributed by atoms with Gasteiger partial charge in [0.2, 0.25) is 0 Å². The monoisotopic (exact) mass is 325 g/mol. The lowest BCUT2D eigenvalue weighted by Gasteiger charge is -2.26. The Morgan fingerprint density at radius 1 is 1.16 bits per heavy atom. The minimum Gasteiger partial charge on any atom is -0.317 e. The Labute approximate surface area is 127 Å². The van der Waals surface area contributed by atoms with Crippen LogP contribution in [0.5, 0.6) is 0 Å². The van der Waals surface area contributed by atoms with Crippen LogP contribution in [0.15, 0.2) is 28.7 Å². The van der Waals surface area contributed by atoms with Crippen LogP contribution in [-0.4, -0.2) is 13.1 Å². The summed E-state index contributed by atoms with van der Waals surface area (Å²) >= 11 is 3.49. The third kappa shape index (κ3) is 7.12. The van der Waals surface area contributed by atoms with Gasteiger partial charge in [0, 0.05) is 10.5 Å². The Morgan fingerprint density at radius 2 is 1.74 bits per heavy atom. The lowest BCUT2D eigenvalue weighted by atomic mass is 9.82. The van der Waals surface area contributed by atoms with Crippen LogP contribution in [0, 0.1) is 11.3 Å². The normalized spacial score (nSPS) is 15.3. The average molecular weight is 326 g/mol. The maximum absolute atomic E-state index is 3.49. The molecule has 0 bridgehead atoms. The molecule has 0 saturated heterocycles. The fourth-order valence-electron chi connectivity index (χ4n) is 2.82. The highest BCUT2D eigenvalue weighted by Crippen LogP contribution is 2.27. The summed E-state index contributed by atoms with van der Waals surface area (Å²) in [4.78, 5) is 0. The Balaban J connectivity index is 2.51. The molecule has 0 saturated carbocycles. The van der Waals surface area contributed by atoms with E-state index < -0.39 is 0 Å². The maximum Gasteiger partial charge on any atom is 0.0175 e. The third-order valence-corrected chi connectivity index (χ3v) is 3.98. The van der Waals surface area contributed by atoms with E-state index >= 15 is 0 Å². The van der Waals surface area contributed by atoms with E-state index in [1.165, 1.54) is 18.4 Å². The standard InChI is InChI=1S/C17H28BrN/c1-13(12-17(2,3)4)10-16(19-5)11-14-6-8-15(18)9-7-14/h6-9,13,16,19H,10-12H2,1-5H3. The fraction of sp³-hybridized carbons (Fsp3) is 0.647. The summed E-state index contributed by atoms with van der Waals surface area (Å²) in [5.74, 6) is 0.757. The van der Waals surface area contributed by atoms with Crippen molar-refractivity contribution in [2.45, 2.75) is 53.0 Å². The second kappa shape index (κ2) is 7.44. The van der Waals surface area contributed by atoms with Gasteiger partial charge in [0.15, 0.2) is 0 Å². The molecule has 1 nitrogen and oxygen atoms in total. The lowest BCUT2D eigenvalue weighted by Crippen LogP contribution is -2.30. The molecule has 0 aliphatic carbocycles. The lowest BCUT2D eigenvalue weighted by molar-refractivity contribution is 0.277. The van der Waals surface area contributed by atoms with Gasteiger partial charge in [-0.15, -0.1) is 0 Å². The van der Waals surface area contributed by atoms with Gasteiger partial charge >= 0.3 is 0 Å². The average Bonchev–Trinajstić information content (AvgIpc) is 2.28. The van der Waals surface area contributed by atoms with Gasteiger partial charge in [-0.25, -0.2) is 0 Å². The molecule has 0 spiro atoms. The van der Waals surface area contributed by atoms with Gasteiger partial charge in [0.25, 0.3) is 0 Å². The van der Waals surface area contributed by atoms with Crippen molar-refractivity contribution >= 4 is 15.9 Å². The van der Waals surface area contributed by atoms with Gasteiger partial charge in [-0.2, -0.15) is 0 Å². The van der Waals surface area contributed by atoms with Gasteiger partial charge in [-0.1, -0.05) is 55.8 Å². The van der Waals surface area contributed by atoms with Crippen LogP contribution >= 0.6 is 15.9 Å². The number of likely N-dealkylation sites (N-methyl/N-ethyl adjacent to an activating group) is 1. The van der Waals surface area contributed by atoms with Crippen molar-refractivity contribution in [2.24, 2.45) is 11.3 Å². The Kier molecular flexibility index (Phi) is 6.55. The summed E-state index contributed by atoms with van der Waals surface area (Å²) in [5.41, 5.74) is 1.83. The van der Waals surface area contributed by atoms with E-state index in [4.69, 9.17) is 0 Å². The first-order valence-corrected chi connectivity index (χ1v) is 8.01. The van der Waals surface area contributed by atoms with Crippen LogP contribution in [0.25, 0.3) is 0 Å². The largest absolute Gasteiger partial charge is 0.317 e. The minimum atomic E-state index is 0.426. The zero-order valence-electron chi connectivity index (χ0n) is 13.0. The van der Waals surface area contributed by atoms with Crippen molar-refractivity contribution in [1.29, 1.82) is 0 Å². The minimum absolute atomic E-state index is 0.426. The molecule has 0 aliphatic rings. The molecule has 0 amide bonds. The van der Waals surface area contributed by atoms with Gasteiger partial charge in [0.1, 0.15) is 0 Å². The molecule has 0 aliphatic heterocycles. The van der Waals surface area contributed by atoms with E-state index in [9.17, 15) is 0 Å². The highest BCUT2D eigenvalue weighted by molar-refractivity contribution is 9.10. The molecular weight excluding hydrogens is 298 g/mol. The Morgan fingerprint density at radius 3 is 2.21 bits per heavy atom. The molecule has 2 atom stereocenters. The smallest absolute Gasteiger partial charge is 0.0175 e. The van der Waals surface area contributed by atoms with Crippen molar-refractivity contribution in [3.05, 3.63) is 34.3 Å². The quantitative estimate of drug-likeness (QED) is 0.772. The molecule has 1 aromatic carbocycles. The van der Waals surface area contributed by atoms with Crippen LogP contribution in [0.3, 0.4) is 0 Å². The van der Waals surface area contributed by atoms with E-state index in [-0.39, 0.29) is 0 Å². The summed E-state index contributed by atoms with van der Waals surface area (Å²) in [7, 11) is 2.08. The first-order chi connectivity index (χ1) is 8.80. The third-order valence-electron chi connectivity index (χ3n) is 3.45. The van der Waals surface area contributed by atoms with Crippen molar-refractivity contribution in [1.82, 2.24) is 5.32 Å². The highest BCUT2D eigenvalue weighted by Gasteiger charge is 2.18. The highest BCUT2D eigenvalue weighted by atomic mass is 79.9. The summed E-state index contributed by atoms with van der Waals surface area (Å²) in [5, 5.41) is 3.47. The van der Waals surface area contributed by atoms with Crippen molar-refractivity contribution in [2.75, 3.05) is 7.05 Å². The molecule has 0 fully saturated rings. The summed E-state index contributed by atoms with van der Waals surface area (Å²) < 4.78 is 1.15. The van der Waals surface area contributed by atoms with Crippen molar-refractivity contribution < 1.29 is 0 Å². The van der Waals surface area contributed by atoms with E-state index in [1.807, 2.05) is 0 Å². The molecule has 2 heteroatoms. The summed E-state index contributed by atoms with van der Waals surface area (Å²) in [6, 6.07) is 9.24. The van der Waals surface area contributed by atoms with E-state index in [2.05, 4.69) is 80.3 Å². The zero-order chi connectivity index (χ0) is 14.5. The predicted molar refractivity (Wildman–Crippen MR) is 88.5 cm³/mol. The van der Waals surface area contributed by atoms with E-state index in [0.29, 0.717) is 11.5 Å². The van der Waals surface area contributed by atoms with Gasteiger partial charge in [-0.3, -0.25) is 0 Å². The van der Waals surface area contributed by atoms with Gasteiger partial charge < -0.3 is 5.32 Å². The van der Waals surface area contributed by atoms with Crippen LogP contribution in [-0.2, 0) is 6.42 Å². The first-order valence-electron chi connectivity index (χ1n) is 7.22.